The van der Waals surface area contributed by atoms with Crippen LogP contribution >= 0.6 is 11.3 Å². The fourth-order valence-electron chi connectivity index (χ4n) is 3.44. The van der Waals surface area contributed by atoms with Crippen molar-refractivity contribution in [3.63, 3.8) is 0 Å². The second kappa shape index (κ2) is 6.45. The van der Waals surface area contributed by atoms with Gasteiger partial charge in [0.2, 0.25) is 0 Å². The van der Waals surface area contributed by atoms with Crippen LogP contribution in [-0.4, -0.2) is 21.6 Å². The topological polar surface area (TPSA) is 110 Å². The van der Waals surface area contributed by atoms with Gasteiger partial charge < -0.3 is 9.84 Å². The summed E-state index contributed by atoms with van der Waals surface area (Å²) in [6, 6.07) is 2.68. The third-order valence-corrected chi connectivity index (χ3v) is 6.10. The molecule has 0 atom stereocenters. The van der Waals surface area contributed by atoms with E-state index >= 15 is 0 Å². The number of thiophene rings is 1. The Morgan fingerprint density at radius 3 is 2.79 bits per heavy atom. The highest BCUT2D eigenvalue weighted by Gasteiger charge is 2.23. The van der Waals surface area contributed by atoms with Gasteiger partial charge in [0, 0.05) is 23.2 Å². The van der Waals surface area contributed by atoms with Crippen LogP contribution in [0.2, 0.25) is 0 Å². The lowest BCUT2D eigenvalue weighted by atomic mass is 10.1. The number of hydrogen-bond acceptors (Lipinski definition) is 7. The maximum Gasteiger partial charge on any atom is 0.266 e. The summed E-state index contributed by atoms with van der Waals surface area (Å²) in [5.74, 6) is -0.294. The fraction of sp³-hybridized carbons (Fsp3) is 0.263. The zero-order chi connectivity index (χ0) is 20.2. The van der Waals surface area contributed by atoms with Gasteiger partial charge in [0.25, 0.3) is 11.2 Å². The van der Waals surface area contributed by atoms with Crippen molar-refractivity contribution in [3.8, 4) is 11.5 Å². The lowest BCUT2D eigenvalue weighted by Gasteiger charge is -2.13. The number of nitro groups is 1. The fourth-order valence-corrected chi connectivity index (χ4v) is 4.46. The minimum absolute atomic E-state index is 0.0660. The van der Waals surface area contributed by atoms with Crippen molar-refractivity contribution in [2.45, 2.75) is 26.8 Å². The third-order valence-electron chi connectivity index (χ3n) is 5.00. The molecule has 0 N–H and O–H groups in total. The van der Waals surface area contributed by atoms with Gasteiger partial charge in [-0.3, -0.25) is 19.5 Å². The van der Waals surface area contributed by atoms with Crippen LogP contribution in [0.25, 0.3) is 21.9 Å². The summed E-state index contributed by atoms with van der Waals surface area (Å²) in [7, 11) is 1.29. The van der Waals surface area contributed by atoms with Crippen LogP contribution in [0.1, 0.15) is 28.2 Å². The minimum Gasteiger partial charge on any atom is -0.865 e. The molecule has 3 heterocycles. The van der Waals surface area contributed by atoms with Gasteiger partial charge in [-0.2, -0.15) is 0 Å². The van der Waals surface area contributed by atoms with Crippen molar-refractivity contribution in [3.05, 3.63) is 54.4 Å². The van der Waals surface area contributed by atoms with E-state index in [2.05, 4.69) is 4.98 Å². The smallest absolute Gasteiger partial charge is 0.266 e. The van der Waals surface area contributed by atoms with Crippen LogP contribution in [-0.2, 0) is 6.54 Å². The number of fused-ring (bicyclic) bond motifs is 2. The summed E-state index contributed by atoms with van der Waals surface area (Å²) in [4.78, 5) is 29.8. The number of aromatic nitrogens is 2. The molecule has 0 bridgehead atoms. The monoisotopic (exact) mass is 398 g/mol. The average molecular weight is 398 g/mol. The number of nitrogens with zero attached hydrogens (tertiary/aromatic N) is 3. The highest BCUT2D eigenvalue weighted by atomic mass is 32.1. The molecular formula is C19H16N3O5S-. The predicted octanol–water partition coefficient (Wildman–Crippen LogP) is 3.01. The molecule has 2 aromatic heterocycles. The Bertz CT molecular complexity index is 1240. The molecule has 0 aliphatic carbocycles. The second-order valence-electron chi connectivity index (χ2n) is 6.60. The van der Waals surface area contributed by atoms with E-state index in [0.29, 0.717) is 34.6 Å². The first-order valence-electron chi connectivity index (χ1n) is 8.56. The summed E-state index contributed by atoms with van der Waals surface area (Å²) in [5.41, 5.74) is 1.59. The molecule has 0 saturated carbocycles. The van der Waals surface area contributed by atoms with E-state index in [-0.39, 0.29) is 11.3 Å². The summed E-state index contributed by atoms with van der Waals surface area (Å²) in [5, 5.41) is 23.8. The summed E-state index contributed by atoms with van der Waals surface area (Å²) in [6.07, 6.45) is 2.30. The van der Waals surface area contributed by atoms with E-state index in [0.717, 1.165) is 16.0 Å². The van der Waals surface area contributed by atoms with Crippen molar-refractivity contribution < 1.29 is 14.8 Å². The first-order chi connectivity index (χ1) is 13.3. The average Bonchev–Trinajstić information content (AvgIpc) is 3.18. The number of benzene rings is 1. The van der Waals surface area contributed by atoms with E-state index in [1.165, 1.54) is 30.6 Å². The molecule has 0 unspecified atom stereocenters. The van der Waals surface area contributed by atoms with Gasteiger partial charge in [0.15, 0.2) is 0 Å². The van der Waals surface area contributed by atoms with E-state index in [4.69, 9.17) is 4.74 Å². The SMILES string of the molecule is COc1cc(/C=C2\CCn3c2nc2sc(C)c(C)c2c3=O)cc([N+](=O)[O-])c1[O-]. The standard InChI is InChI=1S/C19H17N3O5S/c1-9-10(2)28-18-15(9)19(24)21-5-4-12(17(21)20-18)6-11-7-13(22(25)26)16(23)14(8-11)27-3/h6-8,23H,4-5H2,1-3H3/p-1/b12-6+. The van der Waals surface area contributed by atoms with Gasteiger partial charge in [0.05, 0.1) is 17.4 Å². The molecule has 0 saturated heterocycles. The lowest BCUT2D eigenvalue weighted by Crippen LogP contribution is -2.20. The maximum absolute atomic E-state index is 12.9. The normalized spacial score (nSPS) is 14.6. The number of methoxy groups -OCH3 is 1. The first-order valence-corrected chi connectivity index (χ1v) is 9.38. The molecular weight excluding hydrogens is 382 g/mol. The number of allylic oxidation sites excluding steroid dienone is 1. The number of aryl methyl sites for hydroxylation is 2. The number of rotatable bonds is 3. The van der Waals surface area contributed by atoms with Gasteiger partial charge in [-0.1, -0.05) is 0 Å². The van der Waals surface area contributed by atoms with Crippen molar-refractivity contribution in [1.29, 1.82) is 0 Å². The minimum atomic E-state index is -0.762. The van der Waals surface area contributed by atoms with Gasteiger partial charge in [-0.25, -0.2) is 4.98 Å². The van der Waals surface area contributed by atoms with Gasteiger partial charge >= 0.3 is 0 Å². The maximum atomic E-state index is 12.9. The molecule has 144 valence electrons. The molecule has 9 heteroatoms. The Kier molecular flexibility index (Phi) is 4.19. The van der Waals surface area contributed by atoms with Crippen molar-refractivity contribution in [2.75, 3.05) is 7.11 Å². The van der Waals surface area contributed by atoms with Crippen LogP contribution in [0.15, 0.2) is 16.9 Å². The summed E-state index contributed by atoms with van der Waals surface area (Å²) in [6.45, 7) is 4.38. The largest absolute Gasteiger partial charge is 0.865 e. The second-order valence-corrected chi connectivity index (χ2v) is 7.81. The number of ether oxygens (including phenoxy) is 1. The molecule has 4 rings (SSSR count). The molecule has 1 aliphatic rings. The van der Waals surface area contributed by atoms with Crippen LogP contribution in [0, 0.1) is 24.0 Å². The highest BCUT2D eigenvalue weighted by molar-refractivity contribution is 7.18. The zero-order valence-corrected chi connectivity index (χ0v) is 16.3. The first kappa shape index (κ1) is 18.2. The molecule has 0 amide bonds. The quantitative estimate of drug-likeness (QED) is 0.495. The zero-order valence-electron chi connectivity index (χ0n) is 15.4. The molecule has 28 heavy (non-hydrogen) atoms. The van der Waals surface area contributed by atoms with E-state index in [1.807, 2.05) is 13.8 Å². The summed E-state index contributed by atoms with van der Waals surface area (Å²) >= 11 is 1.48. The van der Waals surface area contributed by atoms with Gasteiger partial charge in [0.1, 0.15) is 16.4 Å². The molecule has 1 aliphatic heterocycles. The van der Waals surface area contributed by atoms with E-state index in [9.17, 15) is 20.0 Å². The van der Waals surface area contributed by atoms with Gasteiger partial charge in [-0.05, 0) is 49.1 Å². The Balaban J connectivity index is 1.89. The number of nitro benzene ring substituents is 1. The van der Waals surface area contributed by atoms with Crippen molar-refractivity contribution in [2.24, 2.45) is 0 Å². The molecule has 0 fully saturated rings. The Morgan fingerprint density at radius 2 is 2.11 bits per heavy atom. The molecule has 0 radical (unpaired) electrons. The Morgan fingerprint density at radius 1 is 1.36 bits per heavy atom. The van der Waals surface area contributed by atoms with Crippen LogP contribution < -0.4 is 15.4 Å². The Hall–Kier alpha value is -3.20. The lowest BCUT2D eigenvalue weighted by molar-refractivity contribution is -0.398. The third kappa shape index (κ3) is 2.66. The predicted molar refractivity (Wildman–Crippen MR) is 105 cm³/mol. The van der Waals surface area contributed by atoms with Gasteiger partial charge in [-0.15, -0.1) is 11.3 Å². The molecule has 1 aromatic carbocycles. The van der Waals surface area contributed by atoms with Crippen molar-refractivity contribution in [1.82, 2.24) is 9.55 Å². The molecule has 8 nitrogen and oxygen atoms in total. The van der Waals surface area contributed by atoms with Crippen LogP contribution in [0.5, 0.6) is 11.5 Å². The van der Waals surface area contributed by atoms with E-state index < -0.39 is 16.4 Å². The molecule has 3 aromatic rings. The Labute approximate surface area is 163 Å². The van der Waals surface area contributed by atoms with Crippen LogP contribution in [0.3, 0.4) is 0 Å². The number of hydrogen-bond donors (Lipinski definition) is 0. The van der Waals surface area contributed by atoms with Crippen molar-refractivity contribution >= 4 is 38.9 Å². The van der Waals surface area contributed by atoms with E-state index in [1.54, 1.807) is 10.6 Å². The molecule has 0 spiro atoms. The summed E-state index contributed by atoms with van der Waals surface area (Å²) < 4.78 is 6.63. The van der Waals surface area contributed by atoms with Crippen LogP contribution in [0.4, 0.5) is 5.69 Å². The highest BCUT2D eigenvalue weighted by Crippen LogP contribution is 2.37.